The molecule has 0 aliphatic heterocycles. The zero-order valence-corrected chi connectivity index (χ0v) is 73.0. The van der Waals surface area contributed by atoms with Gasteiger partial charge >= 0.3 is 0 Å². The molecule has 28 rings (SSSR count). The topological polar surface area (TPSA) is 506 Å². The highest BCUT2D eigenvalue weighted by Crippen LogP contribution is 2.40. The number of oxazole rings is 12. The molecular formula is C95H35F14N27O12. The van der Waals surface area contributed by atoms with Gasteiger partial charge in [-0.1, -0.05) is 36.4 Å². The maximum Gasteiger partial charge on any atom is 0.267 e. The molecule has 148 heavy (non-hydrogen) atoms. The van der Waals surface area contributed by atoms with Gasteiger partial charge in [0.2, 0.25) is 81.5 Å². The molecule has 18 heterocycles. The van der Waals surface area contributed by atoms with E-state index in [0.29, 0.717) is 67.1 Å². The first-order valence-electron chi connectivity index (χ1n) is 42.4. The molecule has 10 aromatic carbocycles. The average Bonchev–Trinajstić information content (AvgIpc) is 1.61. The third-order valence-electron chi connectivity index (χ3n) is 21.6. The maximum atomic E-state index is 14.3. The molecule has 0 bridgehead atoms. The zero-order chi connectivity index (χ0) is 101. The zero-order valence-electron chi connectivity index (χ0n) is 73.0. The molecule has 39 nitrogen and oxygen atoms in total. The van der Waals surface area contributed by atoms with E-state index in [2.05, 4.69) is 135 Å². The van der Waals surface area contributed by atoms with Crippen molar-refractivity contribution >= 4 is 133 Å². The molecule has 18 aromatic heterocycles. The second-order valence-corrected chi connectivity index (χ2v) is 31.4. The molecular weight excluding hydrogens is 1980 g/mol. The number of benzene rings is 10. The van der Waals surface area contributed by atoms with Crippen molar-refractivity contribution in [2.45, 2.75) is 13.8 Å². The molecule has 53 heteroatoms. The summed E-state index contributed by atoms with van der Waals surface area (Å²) in [5, 5.41) is 0. The number of aromatic nitrogens is 27. The van der Waals surface area contributed by atoms with E-state index in [-0.39, 0.29) is 189 Å². The lowest BCUT2D eigenvalue weighted by Gasteiger charge is -2.01. The summed E-state index contributed by atoms with van der Waals surface area (Å²) in [4.78, 5) is 114. The van der Waals surface area contributed by atoms with Gasteiger partial charge in [-0.15, -0.1) is 0 Å². The first-order chi connectivity index (χ1) is 71.7. The summed E-state index contributed by atoms with van der Waals surface area (Å²) in [5.41, 5.74) is 4.03. The third kappa shape index (κ3) is 16.1. The molecule has 0 spiro atoms. The quantitative estimate of drug-likeness (QED) is 0.0622. The minimum Gasteiger partial charge on any atom is -0.434 e. The molecule has 0 saturated heterocycles. The van der Waals surface area contributed by atoms with Crippen molar-refractivity contribution in [2.24, 2.45) is 0 Å². The van der Waals surface area contributed by atoms with Gasteiger partial charge in [-0.25, -0.2) is 122 Å². The van der Waals surface area contributed by atoms with E-state index in [1.54, 1.807) is 67.7 Å². The van der Waals surface area contributed by atoms with Gasteiger partial charge in [0.05, 0.1) is 12.4 Å². The van der Waals surface area contributed by atoms with E-state index in [0.717, 1.165) is 48.5 Å². The standard InChI is InChI=1S/C25H7F7N6O3.C25H11F3N6O3.C24H10F2N6O3.C21H7F2N9O3/c1-6-2-12-10(3-7(6)26)33-23(39-12)20-36-21(24-34-11-4-8(27)9(28)5-13(11)40-24)38-22(37-20)25-35-18-16(31)14(29)15(30)17(32)19(18)41-25;1-10-6-11(26)8-15-18(10)36-24(30-15)21-32-20(23-29-14-4-2-3-5-17(14)35-23)33-22(34-21)25-31-16-9-12(27)7-13(28)19(16)37-25;25-11-9-15-18(10-12(11)26)35-24(29-15)21-31-19(22-27-13-5-1-3-7-16(13)33-22)30-20(32-21)23-28-14-6-2-4-8-17(14)34-23;22-8-3-10-14(4-9(8)23)34-19(27-10)15-30-16(20-28-11-5-24-2-1-13(11)33-20)32-17(31-15)21-29-12-6-25-7-26-18(12)35-21/h2-5H,1H3;2-9H,1H3;1-10H;1-7H. The van der Waals surface area contributed by atoms with Crippen LogP contribution in [0.2, 0.25) is 0 Å². The summed E-state index contributed by atoms with van der Waals surface area (Å²) in [6.07, 6.45) is 5.85. The first-order valence-corrected chi connectivity index (χ1v) is 42.4. The summed E-state index contributed by atoms with van der Waals surface area (Å²) in [7, 11) is 0. The van der Waals surface area contributed by atoms with Crippen LogP contribution in [0.5, 0.6) is 0 Å². The summed E-state index contributed by atoms with van der Waals surface area (Å²) >= 11 is 0. The molecule has 28 aromatic rings. The highest BCUT2D eigenvalue weighted by molar-refractivity contribution is 5.86. The van der Waals surface area contributed by atoms with Crippen molar-refractivity contribution in [1.82, 2.24) is 135 Å². The Bertz CT molecular complexity index is 9340. The Morgan fingerprint density at radius 2 is 0.500 bits per heavy atom. The molecule has 0 atom stereocenters. The van der Waals surface area contributed by atoms with Gasteiger partial charge in [0, 0.05) is 72.9 Å². The Labute approximate surface area is 802 Å². The fraction of sp³-hybridized carbons (Fsp3) is 0.0211. The van der Waals surface area contributed by atoms with Gasteiger partial charge in [-0.05, 0) is 73.5 Å². The van der Waals surface area contributed by atoms with Crippen LogP contribution >= 0.6 is 0 Å². The Hall–Kier alpha value is -20.9. The van der Waals surface area contributed by atoms with Crippen LogP contribution in [0.15, 0.2) is 230 Å². The van der Waals surface area contributed by atoms with Gasteiger partial charge in [0.15, 0.2) is 119 Å². The summed E-state index contributed by atoms with van der Waals surface area (Å²) in [5.74, 6) is -20.5. The normalized spacial score (nSPS) is 11.8. The van der Waals surface area contributed by atoms with Crippen LogP contribution in [-0.4, -0.2) is 135 Å². The number of nitrogens with zero attached hydrogens (tertiary/aromatic N) is 27. The van der Waals surface area contributed by atoms with Crippen molar-refractivity contribution in [3.8, 4) is 141 Å². The first kappa shape index (κ1) is 88.5. The fourth-order valence-corrected chi connectivity index (χ4v) is 14.8. The van der Waals surface area contributed by atoms with Crippen molar-refractivity contribution < 1.29 is 114 Å². The van der Waals surface area contributed by atoms with Gasteiger partial charge in [0.25, 0.3) is 76.4 Å². The SMILES string of the molecule is Cc1cc(F)cc2nc(-c3nc(-c4nc5ccccc5o4)nc(-c4nc5cc(F)cc(F)c5o4)n3)oc12.Cc1cc2oc(-c3nc(-c4nc5cc(F)c(F)cc5o4)nc(-c4nc5c(F)c(F)c(F)c(F)c5o4)n3)nc2cc1F.Fc1cc2nc(-c3nc(-c4nc5ccccc5o4)nc(-c4nc5ccccc5o4)n3)oc2cc1F.Fc1cc2nc(-c3nc(-c4nc5cnccc5o4)nc(-c4nc5cncnc5o4)n3)oc2cc1F. The number of pyridine rings is 1. The summed E-state index contributed by atoms with van der Waals surface area (Å²) < 4.78 is 262. The second-order valence-electron chi connectivity index (χ2n) is 31.4. The molecule has 0 N–H and O–H groups in total. The number of hydrogen-bond donors (Lipinski definition) is 0. The highest BCUT2D eigenvalue weighted by Gasteiger charge is 2.33. The lowest BCUT2D eigenvalue weighted by Crippen LogP contribution is -2.00. The number of rotatable bonds is 12. The van der Waals surface area contributed by atoms with Gasteiger partial charge in [0.1, 0.15) is 84.5 Å². The number of para-hydroxylation sites is 6. The largest absolute Gasteiger partial charge is 0.434 e. The molecule has 0 aliphatic rings. The van der Waals surface area contributed by atoms with E-state index >= 15 is 0 Å². The van der Waals surface area contributed by atoms with Crippen LogP contribution in [0.3, 0.4) is 0 Å². The number of hydrogen-bond acceptors (Lipinski definition) is 39. The average molecular weight is 2010 g/mol. The van der Waals surface area contributed by atoms with E-state index < -0.39 is 116 Å². The van der Waals surface area contributed by atoms with Crippen molar-refractivity contribution in [3.05, 3.63) is 269 Å². The summed E-state index contributed by atoms with van der Waals surface area (Å²) in [6, 6.07) is 34.9. The second kappa shape index (κ2) is 34.5. The Morgan fingerprint density at radius 1 is 0.196 bits per heavy atom. The fourth-order valence-electron chi connectivity index (χ4n) is 14.8. The van der Waals surface area contributed by atoms with Crippen molar-refractivity contribution in [1.29, 1.82) is 0 Å². The Morgan fingerprint density at radius 3 is 0.912 bits per heavy atom. The molecule has 0 saturated carbocycles. The molecule has 0 radical (unpaired) electrons. The lowest BCUT2D eigenvalue weighted by molar-refractivity contribution is 0.410. The predicted octanol–water partition coefficient (Wildman–Crippen LogP) is 21.9. The highest BCUT2D eigenvalue weighted by atomic mass is 19.2. The minimum atomic E-state index is -2.13. The van der Waals surface area contributed by atoms with Crippen molar-refractivity contribution in [3.63, 3.8) is 0 Å². The van der Waals surface area contributed by atoms with Gasteiger partial charge < -0.3 is 53.0 Å². The van der Waals surface area contributed by atoms with Crippen LogP contribution in [-0.2, 0) is 0 Å². The number of aryl methyl sites for hydroxylation is 2. The Kier molecular flexibility index (Phi) is 20.7. The molecule has 0 aliphatic carbocycles. The van der Waals surface area contributed by atoms with E-state index in [4.69, 9.17) is 53.0 Å². The number of fused-ring (bicyclic) bond motifs is 12. The Balaban J connectivity index is 0.000000103. The van der Waals surface area contributed by atoms with Crippen molar-refractivity contribution in [2.75, 3.05) is 0 Å². The van der Waals surface area contributed by atoms with Crippen LogP contribution in [0.1, 0.15) is 11.1 Å². The molecule has 0 unspecified atom stereocenters. The van der Waals surface area contributed by atoms with E-state index in [1.807, 2.05) is 24.3 Å². The van der Waals surface area contributed by atoms with Crippen LogP contribution in [0, 0.1) is 95.3 Å². The van der Waals surface area contributed by atoms with Gasteiger partial charge in [-0.3, -0.25) is 4.98 Å². The number of halogens is 14. The van der Waals surface area contributed by atoms with E-state index in [1.165, 1.54) is 43.8 Å². The minimum absolute atomic E-state index is 0.00693. The molecule has 720 valence electrons. The van der Waals surface area contributed by atoms with Crippen LogP contribution in [0.4, 0.5) is 61.5 Å². The van der Waals surface area contributed by atoms with Crippen LogP contribution in [0.25, 0.3) is 274 Å². The third-order valence-corrected chi connectivity index (χ3v) is 21.6. The lowest BCUT2D eigenvalue weighted by atomic mass is 10.2. The monoisotopic (exact) mass is 2010 g/mol. The van der Waals surface area contributed by atoms with E-state index in [9.17, 15) is 61.5 Å². The predicted molar refractivity (Wildman–Crippen MR) is 478 cm³/mol. The van der Waals surface area contributed by atoms with Gasteiger partial charge in [-0.2, -0.15) is 69.2 Å². The smallest absolute Gasteiger partial charge is 0.267 e. The van der Waals surface area contributed by atoms with Crippen LogP contribution < -0.4 is 0 Å². The summed E-state index contributed by atoms with van der Waals surface area (Å²) in [6.45, 7) is 3.17. The molecule has 0 fully saturated rings. The molecule has 0 amide bonds. The maximum absolute atomic E-state index is 14.3.